The molecule has 4 rings (SSSR count). The molecule has 0 saturated carbocycles. The maximum Gasteiger partial charge on any atom is 0.278 e. The van der Waals surface area contributed by atoms with Crippen molar-refractivity contribution in [3.63, 3.8) is 0 Å². The predicted molar refractivity (Wildman–Crippen MR) is 117 cm³/mol. The summed E-state index contributed by atoms with van der Waals surface area (Å²) in [7, 11) is 4.66. The fourth-order valence-electron chi connectivity index (χ4n) is 4.22. The number of methoxy groups -OCH3 is 3. The molecule has 7 nitrogen and oxygen atoms in total. The number of hydrogen-bond acceptors (Lipinski definition) is 6. The highest BCUT2D eigenvalue weighted by molar-refractivity contribution is 6.36. The molecule has 7 heteroatoms. The number of imide groups is 1. The molecule has 2 aliphatic rings. The van der Waals surface area contributed by atoms with Crippen LogP contribution in [0.4, 0.5) is 5.69 Å². The van der Waals surface area contributed by atoms with Crippen molar-refractivity contribution in [2.24, 2.45) is 0 Å². The summed E-state index contributed by atoms with van der Waals surface area (Å²) in [5, 5.41) is 0. The lowest BCUT2D eigenvalue weighted by atomic mass is 9.98. The molecule has 0 aliphatic carbocycles. The van der Waals surface area contributed by atoms with Gasteiger partial charge in [0.1, 0.15) is 5.70 Å². The highest BCUT2D eigenvalue weighted by atomic mass is 16.5. The molecular weight excluding hydrogens is 396 g/mol. The molecule has 2 aromatic rings. The largest absolute Gasteiger partial charge is 0.493 e. The van der Waals surface area contributed by atoms with Crippen molar-refractivity contribution in [3.8, 4) is 11.5 Å². The molecule has 0 aromatic heterocycles. The van der Waals surface area contributed by atoms with Gasteiger partial charge < -0.3 is 19.1 Å². The van der Waals surface area contributed by atoms with Crippen LogP contribution in [0.25, 0.3) is 5.57 Å². The van der Waals surface area contributed by atoms with Gasteiger partial charge in [0, 0.05) is 19.3 Å². The van der Waals surface area contributed by atoms with Gasteiger partial charge >= 0.3 is 0 Å². The molecule has 2 amide bonds. The molecule has 0 fully saturated rings. The highest BCUT2D eigenvalue weighted by Gasteiger charge is 2.42. The Morgan fingerprint density at radius 1 is 0.935 bits per heavy atom. The van der Waals surface area contributed by atoms with E-state index in [2.05, 4.69) is 6.07 Å². The van der Waals surface area contributed by atoms with Crippen LogP contribution in [0, 0.1) is 0 Å². The fraction of sp³-hybridized carbons (Fsp3) is 0.333. The number of nitrogens with zero attached hydrogens (tertiary/aromatic N) is 2. The smallest absolute Gasteiger partial charge is 0.278 e. The lowest BCUT2D eigenvalue weighted by molar-refractivity contribution is -0.137. The van der Waals surface area contributed by atoms with E-state index in [0.717, 1.165) is 18.5 Å². The van der Waals surface area contributed by atoms with E-state index < -0.39 is 0 Å². The van der Waals surface area contributed by atoms with Gasteiger partial charge in [-0.25, -0.2) is 0 Å². The van der Waals surface area contributed by atoms with Gasteiger partial charge in [-0.05, 0) is 42.2 Å². The van der Waals surface area contributed by atoms with Gasteiger partial charge in [-0.2, -0.15) is 0 Å². The Hall–Kier alpha value is -3.32. The van der Waals surface area contributed by atoms with Gasteiger partial charge in [-0.3, -0.25) is 14.5 Å². The standard InChI is InChI=1S/C24H26N2O5/c1-29-14-13-26-23(27)21(17-10-11-19(30-2)20(15-17)31-3)22(24(26)28)25-12-6-8-16-7-4-5-9-18(16)25/h4-5,7,9-11,15H,6,8,12-14H2,1-3H3. The minimum absolute atomic E-state index is 0.198. The van der Waals surface area contributed by atoms with Gasteiger partial charge in [-0.1, -0.05) is 24.3 Å². The molecule has 2 aromatic carbocycles. The molecule has 0 saturated heterocycles. The van der Waals surface area contributed by atoms with Crippen LogP contribution in [0.2, 0.25) is 0 Å². The Labute approximate surface area is 181 Å². The summed E-state index contributed by atoms with van der Waals surface area (Å²) in [4.78, 5) is 30.2. The zero-order chi connectivity index (χ0) is 22.0. The molecule has 162 valence electrons. The van der Waals surface area contributed by atoms with Gasteiger partial charge in [0.15, 0.2) is 11.5 Å². The van der Waals surface area contributed by atoms with Crippen molar-refractivity contribution in [2.75, 3.05) is 45.9 Å². The van der Waals surface area contributed by atoms with Crippen LogP contribution in [0.1, 0.15) is 17.5 Å². The summed E-state index contributed by atoms with van der Waals surface area (Å²) in [5.41, 5.74) is 3.54. The number of benzene rings is 2. The van der Waals surface area contributed by atoms with Crippen LogP contribution in [0.5, 0.6) is 11.5 Å². The maximum absolute atomic E-state index is 13.5. The van der Waals surface area contributed by atoms with Crippen LogP contribution in [-0.4, -0.2) is 57.7 Å². The molecule has 0 unspecified atom stereocenters. The Balaban J connectivity index is 1.88. The molecule has 0 atom stereocenters. The number of rotatable bonds is 7. The Morgan fingerprint density at radius 3 is 2.45 bits per heavy atom. The Kier molecular flexibility index (Phi) is 5.95. The zero-order valence-electron chi connectivity index (χ0n) is 18.0. The number of carbonyl (C=O) groups excluding carboxylic acids is 2. The van der Waals surface area contributed by atoms with Gasteiger partial charge in [0.25, 0.3) is 11.8 Å². The number of hydrogen-bond donors (Lipinski definition) is 0. The first kappa shape index (κ1) is 20.9. The van der Waals surface area contributed by atoms with Gasteiger partial charge in [0.05, 0.1) is 32.9 Å². The number of carbonyl (C=O) groups is 2. The summed E-state index contributed by atoms with van der Waals surface area (Å²) in [6.45, 7) is 1.14. The van der Waals surface area contributed by atoms with E-state index in [-0.39, 0.29) is 25.0 Å². The lowest BCUT2D eigenvalue weighted by Crippen LogP contribution is -2.38. The first-order chi connectivity index (χ1) is 15.1. The van der Waals surface area contributed by atoms with E-state index in [4.69, 9.17) is 14.2 Å². The minimum atomic E-state index is -0.327. The number of ether oxygens (including phenoxy) is 3. The van der Waals surface area contributed by atoms with E-state index >= 15 is 0 Å². The summed E-state index contributed by atoms with van der Waals surface area (Å²) in [5.74, 6) is 0.432. The van der Waals surface area contributed by atoms with Crippen LogP contribution >= 0.6 is 0 Å². The molecule has 0 N–H and O–H groups in total. The molecule has 0 spiro atoms. The monoisotopic (exact) mass is 422 g/mol. The van der Waals surface area contributed by atoms with Crippen LogP contribution in [-0.2, 0) is 20.7 Å². The fourth-order valence-corrected chi connectivity index (χ4v) is 4.22. The van der Waals surface area contributed by atoms with E-state index in [0.29, 0.717) is 34.9 Å². The zero-order valence-corrected chi connectivity index (χ0v) is 18.0. The second kappa shape index (κ2) is 8.81. The molecule has 31 heavy (non-hydrogen) atoms. The van der Waals surface area contributed by atoms with Crippen molar-refractivity contribution in [2.45, 2.75) is 12.8 Å². The first-order valence-electron chi connectivity index (χ1n) is 10.3. The van der Waals surface area contributed by atoms with Crippen LogP contribution < -0.4 is 14.4 Å². The third kappa shape index (κ3) is 3.65. The molecular formula is C24H26N2O5. The van der Waals surface area contributed by atoms with Crippen molar-refractivity contribution in [1.82, 2.24) is 4.90 Å². The van der Waals surface area contributed by atoms with Gasteiger partial charge in [-0.15, -0.1) is 0 Å². The second-order valence-corrected chi connectivity index (χ2v) is 7.43. The van der Waals surface area contributed by atoms with Crippen molar-refractivity contribution < 1.29 is 23.8 Å². The molecule has 0 radical (unpaired) electrons. The molecule has 2 aliphatic heterocycles. The summed E-state index contributed by atoms with van der Waals surface area (Å²) >= 11 is 0. The molecule has 0 bridgehead atoms. The normalized spacial score (nSPS) is 16.1. The average Bonchev–Trinajstić information content (AvgIpc) is 3.06. The van der Waals surface area contributed by atoms with Crippen molar-refractivity contribution in [1.29, 1.82) is 0 Å². The summed E-state index contributed by atoms with van der Waals surface area (Å²) < 4.78 is 15.9. The average molecular weight is 422 g/mol. The first-order valence-corrected chi connectivity index (χ1v) is 10.3. The van der Waals surface area contributed by atoms with Crippen LogP contribution in [0.15, 0.2) is 48.2 Å². The maximum atomic E-state index is 13.5. The Morgan fingerprint density at radius 2 is 1.71 bits per heavy atom. The summed E-state index contributed by atoms with van der Waals surface area (Å²) in [6, 6.07) is 13.3. The van der Waals surface area contributed by atoms with E-state index in [1.165, 1.54) is 10.5 Å². The lowest BCUT2D eigenvalue weighted by Gasteiger charge is -2.32. The third-order valence-corrected chi connectivity index (χ3v) is 5.71. The number of anilines is 1. The predicted octanol–water partition coefficient (Wildman–Crippen LogP) is 2.88. The van der Waals surface area contributed by atoms with Crippen molar-refractivity contribution >= 4 is 23.1 Å². The van der Waals surface area contributed by atoms with Crippen LogP contribution in [0.3, 0.4) is 0 Å². The number of para-hydroxylation sites is 1. The quantitative estimate of drug-likeness (QED) is 0.639. The molecule has 2 heterocycles. The van der Waals surface area contributed by atoms with E-state index in [1.807, 2.05) is 23.1 Å². The van der Waals surface area contributed by atoms with Gasteiger partial charge in [0.2, 0.25) is 0 Å². The second-order valence-electron chi connectivity index (χ2n) is 7.43. The third-order valence-electron chi connectivity index (χ3n) is 5.71. The minimum Gasteiger partial charge on any atom is -0.493 e. The SMILES string of the molecule is COCCN1C(=O)C(c2ccc(OC)c(OC)c2)=C(N2CCCc3ccccc32)C1=O. The number of fused-ring (bicyclic) bond motifs is 1. The van der Waals surface area contributed by atoms with E-state index in [1.54, 1.807) is 39.5 Å². The number of amides is 2. The topological polar surface area (TPSA) is 68.3 Å². The van der Waals surface area contributed by atoms with E-state index in [9.17, 15) is 9.59 Å². The Bertz CT molecular complexity index is 1050. The highest BCUT2D eigenvalue weighted by Crippen LogP contribution is 2.39. The number of aryl methyl sites for hydroxylation is 1. The van der Waals surface area contributed by atoms with Crippen molar-refractivity contribution in [3.05, 3.63) is 59.3 Å². The summed E-state index contributed by atoms with van der Waals surface area (Å²) in [6.07, 6.45) is 1.85.